The molecule has 3 aromatic rings. The second kappa shape index (κ2) is 11.1. The third kappa shape index (κ3) is 5.76. The molecule has 0 radical (unpaired) electrons. The fourth-order valence-corrected chi connectivity index (χ4v) is 5.21. The van der Waals surface area contributed by atoms with Crippen LogP contribution >= 0.6 is 11.6 Å². The number of fused-ring (bicyclic) bond motifs is 1. The van der Waals surface area contributed by atoms with Crippen LogP contribution in [0.1, 0.15) is 16.2 Å². The van der Waals surface area contributed by atoms with Crippen LogP contribution in [0.25, 0.3) is 10.9 Å². The Labute approximate surface area is 232 Å². The van der Waals surface area contributed by atoms with E-state index in [1.165, 1.54) is 25.2 Å². The molecule has 1 aromatic heterocycles. The lowest BCUT2D eigenvalue weighted by atomic mass is 10.1. The molecule has 0 aliphatic carbocycles. The van der Waals surface area contributed by atoms with Crippen LogP contribution in [0.15, 0.2) is 42.5 Å². The number of nitrogens with one attached hydrogen (secondary N) is 2. The van der Waals surface area contributed by atoms with Gasteiger partial charge in [-0.1, -0.05) is 11.6 Å². The van der Waals surface area contributed by atoms with Crippen LogP contribution in [0.5, 0.6) is 0 Å². The number of amides is 3. The first-order chi connectivity index (χ1) is 19.0. The molecule has 3 amide bonds. The first-order valence-electron chi connectivity index (χ1n) is 12.6. The summed E-state index contributed by atoms with van der Waals surface area (Å²) in [5.41, 5.74) is 0.951. The standard InChI is InChI=1S/C26H27ClF3N7O3/c1-31-25(40)32-17-6-7-19-18(12-17)22(34-24(33-19)26(28,29)30)37-13-20(21(38)14-37)35-8-10-36(11-9-35)23(39)15-2-4-16(27)5-3-15/h2-7,12,20-21,38H,8-11,13-14H2,1H3,(H2,31,32,40). The van der Waals surface area contributed by atoms with Crippen molar-refractivity contribution in [3.63, 3.8) is 0 Å². The molecule has 5 rings (SSSR count). The number of urea groups is 1. The topological polar surface area (TPSA) is 114 Å². The van der Waals surface area contributed by atoms with Gasteiger partial charge in [0.05, 0.1) is 17.7 Å². The lowest BCUT2D eigenvalue weighted by Crippen LogP contribution is -2.54. The number of aromatic nitrogens is 2. The second-order valence-corrected chi connectivity index (χ2v) is 10.1. The van der Waals surface area contributed by atoms with E-state index in [-0.39, 0.29) is 36.4 Å². The highest BCUT2D eigenvalue weighted by molar-refractivity contribution is 6.30. The predicted octanol–water partition coefficient (Wildman–Crippen LogP) is 3.06. The predicted molar refractivity (Wildman–Crippen MR) is 144 cm³/mol. The quantitative estimate of drug-likeness (QED) is 0.437. The Morgan fingerprint density at radius 1 is 1.02 bits per heavy atom. The van der Waals surface area contributed by atoms with Gasteiger partial charge in [-0.25, -0.2) is 14.8 Å². The van der Waals surface area contributed by atoms with Crippen LogP contribution in [-0.4, -0.2) is 95.3 Å². The number of carbonyl (C=O) groups excluding carboxylic acids is 2. The van der Waals surface area contributed by atoms with Crippen LogP contribution in [0, 0.1) is 0 Å². The average molecular weight is 578 g/mol. The molecular weight excluding hydrogens is 551 g/mol. The number of piperazine rings is 1. The van der Waals surface area contributed by atoms with Crippen molar-refractivity contribution in [2.75, 3.05) is 56.5 Å². The molecule has 40 heavy (non-hydrogen) atoms. The molecule has 2 aliphatic rings. The number of carbonyl (C=O) groups is 2. The number of benzene rings is 2. The van der Waals surface area contributed by atoms with Crippen molar-refractivity contribution in [1.82, 2.24) is 25.1 Å². The zero-order valence-electron chi connectivity index (χ0n) is 21.5. The van der Waals surface area contributed by atoms with Crippen LogP contribution in [0.3, 0.4) is 0 Å². The van der Waals surface area contributed by atoms with Crippen molar-refractivity contribution in [1.29, 1.82) is 0 Å². The number of rotatable bonds is 4. The Bertz CT molecular complexity index is 1420. The summed E-state index contributed by atoms with van der Waals surface area (Å²) < 4.78 is 41.0. The van der Waals surface area contributed by atoms with E-state index in [1.54, 1.807) is 34.1 Å². The summed E-state index contributed by atoms with van der Waals surface area (Å²) in [7, 11) is 1.44. The highest BCUT2D eigenvalue weighted by Gasteiger charge is 2.40. The average Bonchev–Trinajstić information content (AvgIpc) is 3.33. The Kier molecular flexibility index (Phi) is 7.71. The van der Waals surface area contributed by atoms with E-state index in [0.717, 1.165) is 0 Å². The van der Waals surface area contributed by atoms with Crippen molar-refractivity contribution in [2.45, 2.75) is 18.3 Å². The molecule has 2 saturated heterocycles. The van der Waals surface area contributed by atoms with E-state index < -0.39 is 24.1 Å². The Morgan fingerprint density at radius 2 is 1.73 bits per heavy atom. The van der Waals surface area contributed by atoms with Crippen molar-refractivity contribution >= 4 is 45.9 Å². The zero-order chi connectivity index (χ0) is 28.6. The molecule has 14 heteroatoms. The van der Waals surface area contributed by atoms with Crippen LogP contribution in [0.2, 0.25) is 5.02 Å². The second-order valence-electron chi connectivity index (χ2n) is 9.68. The molecule has 3 heterocycles. The van der Waals surface area contributed by atoms with Gasteiger partial charge in [-0.05, 0) is 42.5 Å². The fourth-order valence-electron chi connectivity index (χ4n) is 5.08. The van der Waals surface area contributed by atoms with Gasteiger partial charge >= 0.3 is 12.2 Å². The number of aliphatic hydroxyl groups excluding tert-OH is 1. The van der Waals surface area contributed by atoms with Gasteiger partial charge < -0.3 is 25.5 Å². The number of β-amino-alcohol motifs (C(OH)–C–C–N with tert-alkyl or cyclic N) is 1. The molecule has 3 N–H and O–H groups in total. The van der Waals surface area contributed by atoms with Gasteiger partial charge in [-0.15, -0.1) is 0 Å². The van der Waals surface area contributed by atoms with Crippen LogP contribution in [-0.2, 0) is 6.18 Å². The third-order valence-electron chi connectivity index (χ3n) is 7.13. The molecule has 0 bridgehead atoms. The minimum absolute atomic E-state index is 0.0241. The Hall–Kier alpha value is -3.68. The number of hydrogen-bond acceptors (Lipinski definition) is 7. The van der Waals surface area contributed by atoms with Crippen molar-refractivity contribution in [2.24, 2.45) is 0 Å². The highest BCUT2D eigenvalue weighted by Crippen LogP contribution is 2.35. The monoisotopic (exact) mass is 577 g/mol. The largest absolute Gasteiger partial charge is 0.451 e. The molecule has 0 saturated carbocycles. The minimum Gasteiger partial charge on any atom is -0.390 e. The maximum absolute atomic E-state index is 13.7. The summed E-state index contributed by atoms with van der Waals surface area (Å²) >= 11 is 5.92. The SMILES string of the molecule is CNC(=O)Nc1ccc2nc(C(F)(F)F)nc(N3CC(O)C(N4CCN(C(=O)c5ccc(Cl)cc5)CC4)C3)c2c1. The molecule has 2 atom stereocenters. The normalized spacial score (nSPS) is 20.1. The number of hydrogen-bond donors (Lipinski definition) is 3. The summed E-state index contributed by atoms with van der Waals surface area (Å²) in [6.45, 7) is 2.15. The van der Waals surface area contributed by atoms with Gasteiger partial charge in [0.2, 0.25) is 5.82 Å². The Morgan fingerprint density at radius 3 is 2.38 bits per heavy atom. The molecule has 2 unspecified atom stereocenters. The lowest BCUT2D eigenvalue weighted by Gasteiger charge is -2.38. The summed E-state index contributed by atoms with van der Waals surface area (Å²) in [6.07, 6.45) is -5.63. The number of aliphatic hydroxyl groups is 1. The maximum Gasteiger partial charge on any atom is 0.451 e. The number of halogens is 4. The first-order valence-corrected chi connectivity index (χ1v) is 13.0. The molecule has 212 valence electrons. The van der Waals surface area contributed by atoms with Crippen molar-refractivity contribution in [3.8, 4) is 0 Å². The van der Waals surface area contributed by atoms with E-state index in [2.05, 4.69) is 20.6 Å². The van der Waals surface area contributed by atoms with E-state index in [9.17, 15) is 27.9 Å². The number of nitrogens with zero attached hydrogens (tertiary/aromatic N) is 5. The summed E-state index contributed by atoms with van der Waals surface area (Å²) in [5, 5.41) is 16.8. The van der Waals surface area contributed by atoms with E-state index >= 15 is 0 Å². The number of alkyl halides is 3. The zero-order valence-corrected chi connectivity index (χ0v) is 22.2. The van der Waals surface area contributed by atoms with Gasteiger partial charge in [0.25, 0.3) is 5.91 Å². The summed E-state index contributed by atoms with van der Waals surface area (Å²) in [5.74, 6) is -1.37. The number of anilines is 2. The molecule has 10 nitrogen and oxygen atoms in total. The van der Waals surface area contributed by atoms with Gasteiger partial charge in [0.1, 0.15) is 5.82 Å². The first kappa shape index (κ1) is 27.9. The molecule has 2 fully saturated rings. The van der Waals surface area contributed by atoms with Gasteiger partial charge in [0, 0.05) is 68.0 Å². The smallest absolute Gasteiger partial charge is 0.390 e. The van der Waals surface area contributed by atoms with E-state index in [0.29, 0.717) is 47.8 Å². The molecule has 0 spiro atoms. The molecule has 2 aliphatic heterocycles. The van der Waals surface area contributed by atoms with Crippen LogP contribution < -0.4 is 15.5 Å². The van der Waals surface area contributed by atoms with Crippen molar-refractivity contribution < 1.29 is 27.9 Å². The summed E-state index contributed by atoms with van der Waals surface area (Å²) in [4.78, 5) is 37.6. The van der Waals surface area contributed by atoms with E-state index in [1.807, 2.05) is 4.90 Å². The lowest BCUT2D eigenvalue weighted by molar-refractivity contribution is -0.144. The third-order valence-corrected chi connectivity index (χ3v) is 7.39. The van der Waals surface area contributed by atoms with Crippen LogP contribution in [0.4, 0.5) is 29.5 Å². The van der Waals surface area contributed by atoms with E-state index in [4.69, 9.17) is 11.6 Å². The summed E-state index contributed by atoms with van der Waals surface area (Å²) in [6, 6.07) is 10.2. The van der Waals surface area contributed by atoms with Gasteiger partial charge in [-0.2, -0.15) is 13.2 Å². The van der Waals surface area contributed by atoms with Gasteiger partial charge in [0.15, 0.2) is 0 Å². The fraction of sp³-hybridized carbons (Fsp3) is 0.385. The molecular formula is C26H27ClF3N7O3. The highest BCUT2D eigenvalue weighted by atomic mass is 35.5. The maximum atomic E-state index is 13.7. The minimum atomic E-state index is -4.77. The van der Waals surface area contributed by atoms with Gasteiger partial charge in [-0.3, -0.25) is 9.69 Å². The molecule has 2 aromatic carbocycles. The van der Waals surface area contributed by atoms with Crippen molar-refractivity contribution in [3.05, 3.63) is 58.9 Å². The Balaban J connectivity index is 1.35.